The fraction of sp³-hybridized carbons (Fsp3) is 0.133. The van der Waals surface area contributed by atoms with Crippen molar-refractivity contribution in [3.63, 3.8) is 0 Å². The van der Waals surface area contributed by atoms with Crippen molar-refractivity contribution in [3.05, 3.63) is 53.8 Å². The Balaban J connectivity index is 2.55. The third kappa shape index (κ3) is 4.08. The van der Waals surface area contributed by atoms with E-state index in [0.717, 1.165) is 31.4 Å². The van der Waals surface area contributed by atoms with Gasteiger partial charge in [0, 0.05) is 0 Å². The minimum atomic E-state index is -5.99. The topological polar surface area (TPSA) is 69.7 Å². The zero-order chi connectivity index (χ0) is 18.8. The predicted octanol–water partition coefficient (Wildman–Crippen LogP) is 3.51. The first kappa shape index (κ1) is 18.7. The molecule has 0 aliphatic heterocycles. The number of halogens is 4. The zero-order valence-corrected chi connectivity index (χ0v) is 13.3. The molecule has 0 aliphatic carbocycles. The molecule has 0 unspecified atom stereocenters. The van der Waals surface area contributed by atoms with Gasteiger partial charge in [0.05, 0.1) is 7.11 Å². The third-order valence-electron chi connectivity index (χ3n) is 3.05. The Kier molecular flexibility index (Phi) is 5.02. The lowest BCUT2D eigenvalue weighted by Crippen LogP contribution is -2.28. The molecule has 5 nitrogen and oxygen atoms in total. The second kappa shape index (κ2) is 6.71. The van der Waals surface area contributed by atoms with E-state index in [4.69, 9.17) is 0 Å². The van der Waals surface area contributed by atoms with Crippen LogP contribution in [-0.4, -0.2) is 27.0 Å². The van der Waals surface area contributed by atoms with Gasteiger partial charge in [-0.25, -0.2) is 9.18 Å². The van der Waals surface area contributed by atoms with Gasteiger partial charge in [-0.05, 0) is 35.4 Å². The highest BCUT2D eigenvalue weighted by atomic mass is 32.2. The van der Waals surface area contributed by atoms with Crippen molar-refractivity contribution in [1.82, 2.24) is 0 Å². The summed E-state index contributed by atoms with van der Waals surface area (Å²) in [7, 11) is -5.02. The molecule has 0 atom stereocenters. The van der Waals surface area contributed by atoms with Crippen molar-refractivity contribution in [2.75, 3.05) is 7.11 Å². The van der Waals surface area contributed by atoms with Crippen molar-refractivity contribution in [3.8, 4) is 16.9 Å². The number of carbonyl (C=O) groups is 1. The molecule has 0 N–H and O–H groups in total. The van der Waals surface area contributed by atoms with Crippen LogP contribution in [0.2, 0.25) is 0 Å². The van der Waals surface area contributed by atoms with Gasteiger partial charge in [0.15, 0.2) is 5.75 Å². The lowest BCUT2D eigenvalue weighted by Gasteiger charge is -2.13. The quantitative estimate of drug-likeness (QED) is 0.352. The van der Waals surface area contributed by atoms with Gasteiger partial charge in [0.25, 0.3) is 0 Å². The zero-order valence-electron chi connectivity index (χ0n) is 12.5. The van der Waals surface area contributed by atoms with Gasteiger partial charge in [-0.2, -0.15) is 21.6 Å². The fourth-order valence-corrected chi connectivity index (χ4v) is 2.33. The minimum absolute atomic E-state index is 0.208. The SMILES string of the molecule is COC(=O)c1ccc(-c2ccc(F)cc2)cc1OS(=O)(=O)C(F)(F)F. The molecule has 10 heteroatoms. The standard InChI is InChI=1S/C15H10F4O5S/c1-23-14(20)12-7-4-10(9-2-5-11(16)6-3-9)8-13(12)24-25(21,22)15(17,18)19/h2-8H,1H3. The van der Waals surface area contributed by atoms with Crippen LogP contribution < -0.4 is 4.18 Å². The van der Waals surface area contributed by atoms with Crippen molar-refractivity contribution in [1.29, 1.82) is 0 Å². The van der Waals surface area contributed by atoms with E-state index >= 15 is 0 Å². The van der Waals surface area contributed by atoms with Crippen molar-refractivity contribution in [2.45, 2.75) is 5.51 Å². The van der Waals surface area contributed by atoms with Crippen LogP contribution in [0.1, 0.15) is 10.4 Å². The lowest BCUT2D eigenvalue weighted by atomic mass is 10.0. The number of ether oxygens (including phenoxy) is 1. The number of alkyl halides is 3. The molecule has 0 heterocycles. The molecule has 0 saturated heterocycles. The van der Waals surface area contributed by atoms with Gasteiger partial charge >= 0.3 is 21.6 Å². The highest BCUT2D eigenvalue weighted by molar-refractivity contribution is 7.88. The largest absolute Gasteiger partial charge is 0.534 e. The van der Waals surface area contributed by atoms with Crippen LogP contribution in [0, 0.1) is 5.82 Å². The number of carbonyl (C=O) groups excluding carboxylic acids is 1. The molecule has 25 heavy (non-hydrogen) atoms. The highest BCUT2D eigenvalue weighted by Gasteiger charge is 2.49. The van der Waals surface area contributed by atoms with Crippen LogP contribution >= 0.6 is 0 Å². The summed E-state index contributed by atoms with van der Waals surface area (Å²) in [4.78, 5) is 11.6. The Labute approximate surface area is 139 Å². The molecule has 2 rings (SSSR count). The van der Waals surface area contributed by atoms with Crippen molar-refractivity contribution in [2.24, 2.45) is 0 Å². The van der Waals surface area contributed by atoms with E-state index in [1.807, 2.05) is 0 Å². The van der Waals surface area contributed by atoms with E-state index in [2.05, 4.69) is 8.92 Å². The summed E-state index contributed by atoms with van der Waals surface area (Å²) < 4.78 is 81.5. The first-order valence-electron chi connectivity index (χ1n) is 6.54. The maximum absolute atomic E-state index is 13.0. The second-order valence-electron chi connectivity index (χ2n) is 4.69. The van der Waals surface area contributed by atoms with Gasteiger partial charge < -0.3 is 8.92 Å². The monoisotopic (exact) mass is 378 g/mol. The normalized spacial score (nSPS) is 11.9. The van der Waals surface area contributed by atoms with E-state index in [-0.39, 0.29) is 5.56 Å². The van der Waals surface area contributed by atoms with Crippen molar-refractivity contribution >= 4 is 16.1 Å². The molecule has 0 fully saturated rings. The number of hydrogen-bond donors (Lipinski definition) is 0. The van der Waals surface area contributed by atoms with Gasteiger partial charge in [0.2, 0.25) is 0 Å². The van der Waals surface area contributed by atoms with Crippen molar-refractivity contribution < 1.29 is 39.7 Å². The van der Waals surface area contributed by atoms with E-state index in [1.54, 1.807) is 0 Å². The first-order chi connectivity index (χ1) is 11.5. The second-order valence-corrected chi connectivity index (χ2v) is 6.23. The maximum Gasteiger partial charge on any atom is 0.534 e. The molecule has 0 aliphatic rings. The summed E-state index contributed by atoms with van der Waals surface area (Å²) in [5.41, 5.74) is -5.61. The minimum Gasteiger partial charge on any atom is -0.465 e. The Morgan fingerprint density at radius 2 is 1.56 bits per heavy atom. The lowest BCUT2D eigenvalue weighted by molar-refractivity contribution is -0.0500. The molecule has 0 spiro atoms. The van der Waals surface area contributed by atoms with Crippen LogP contribution in [0.15, 0.2) is 42.5 Å². The Morgan fingerprint density at radius 3 is 2.08 bits per heavy atom. The van der Waals surface area contributed by atoms with E-state index < -0.39 is 38.7 Å². The number of benzene rings is 2. The van der Waals surface area contributed by atoms with E-state index in [1.165, 1.54) is 18.2 Å². The summed E-state index contributed by atoms with van der Waals surface area (Å²) >= 11 is 0. The maximum atomic E-state index is 13.0. The molecular weight excluding hydrogens is 368 g/mol. The highest BCUT2D eigenvalue weighted by Crippen LogP contribution is 2.32. The number of esters is 1. The predicted molar refractivity (Wildman–Crippen MR) is 78.8 cm³/mol. The Morgan fingerprint density at radius 1 is 1.00 bits per heavy atom. The summed E-state index contributed by atoms with van der Waals surface area (Å²) in [6.07, 6.45) is 0. The molecular formula is C15H10F4O5S. The smallest absolute Gasteiger partial charge is 0.465 e. The molecule has 0 saturated carbocycles. The number of hydrogen-bond acceptors (Lipinski definition) is 5. The van der Waals surface area contributed by atoms with Gasteiger partial charge in [-0.15, -0.1) is 0 Å². The molecule has 0 aromatic heterocycles. The first-order valence-corrected chi connectivity index (χ1v) is 7.95. The summed E-state index contributed by atoms with van der Waals surface area (Å²) in [6, 6.07) is 8.16. The molecule has 2 aromatic rings. The molecule has 134 valence electrons. The number of rotatable bonds is 4. The Hall–Kier alpha value is -2.62. The van der Waals surface area contributed by atoms with Gasteiger partial charge in [0.1, 0.15) is 11.4 Å². The van der Waals surface area contributed by atoms with E-state index in [9.17, 15) is 30.8 Å². The van der Waals surface area contributed by atoms with Crippen LogP contribution in [0.5, 0.6) is 5.75 Å². The molecule has 0 radical (unpaired) electrons. The average Bonchev–Trinajstić information content (AvgIpc) is 2.53. The van der Waals surface area contributed by atoms with E-state index in [0.29, 0.717) is 5.56 Å². The summed E-state index contributed by atoms with van der Waals surface area (Å²) in [6.45, 7) is 0. The molecule has 2 aromatic carbocycles. The third-order valence-corrected chi connectivity index (χ3v) is 4.01. The van der Waals surface area contributed by atoms with Gasteiger partial charge in [-0.1, -0.05) is 18.2 Å². The molecule has 0 amide bonds. The summed E-state index contributed by atoms with van der Waals surface area (Å²) in [5, 5.41) is 0. The Bertz CT molecular complexity index is 889. The van der Waals surface area contributed by atoms with Gasteiger partial charge in [-0.3, -0.25) is 0 Å². The van der Waals surface area contributed by atoms with Crippen LogP contribution in [0.3, 0.4) is 0 Å². The van der Waals surface area contributed by atoms with Crippen LogP contribution in [0.25, 0.3) is 11.1 Å². The van der Waals surface area contributed by atoms with Crippen LogP contribution in [-0.2, 0) is 14.9 Å². The number of methoxy groups -OCH3 is 1. The van der Waals surface area contributed by atoms with Crippen LogP contribution in [0.4, 0.5) is 17.6 Å². The molecule has 0 bridgehead atoms. The average molecular weight is 378 g/mol. The summed E-state index contributed by atoms with van der Waals surface area (Å²) in [5.74, 6) is -2.48. The fourth-order valence-electron chi connectivity index (χ4n) is 1.86.